The molecular formula is C12H21NO3. The lowest BCUT2D eigenvalue weighted by atomic mass is 10.0. The standard InChI is InChI=1S/C12H21NO3/c14-8-10-7-13(12(15)16-9-10)11-5-3-1-2-4-6-11/h10-11,14H,1-9H2. The van der Waals surface area contributed by atoms with Gasteiger partial charge in [0.15, 0.2) is 0 Å². The first-order valence-corrected chi connectivity index (χ1v) is 6.35. The van der Waals surface area contributed by atoms with Crippen LogP contribution in [0.1, 0.15) is 38.5 Å². The number of carbonyl (C=O) groups excluding carboxylic acids is 1. The fourth-order valence-corrected chi connectivity index (χ4v) is 2.66. The van der Waals surface area contributed by atoms with Crippen molar-refractivity contribution in [3.8, 4) is 0 Å². The predicted molar refractivity (Wildman–Crippen MR) is 60.1 cm³/mol. The lowest BCUT2D eigenvalue weighted by Gasteiger charge is -2.36. The van der Waals surface area contributed by atoms with E-state index in [0.717, 1.165) is 12.8 Å². The molecule has 0 aromatic carbocycles. The van der Waals surface area contributed by atoms with Crippen LogP contribution in [0.4, 0.5) is 4.79 Å². The van der Waals surface area contributed by atoms with E-state index < -0.39 is 0 Å². The first kappa shape index (κ1) is 11.7. The van der Waals surface area contributed by atoms with E-state index in [4.69, 9.17) is 9.84 Å². The number of ether oxygens (including phenoxy) is 1. The highest BCUT2D eigenvalue weighted by molar-refractivity contribution is 5.68. The second kappa shape index (κ2) is 5.53. The monoisotopic (exact) mass is 227 g/mol. The summed E-state index contributed by atoms with van der Waals surface area (Å²) >= 11 is 0. The van der Waals surface area contributed by atoms with Gasteiger partial charge in [-0.3, -0.25) is 0 Å². The zero-order valence-corrected chi connectivity index (χ0v) is 9.73. The molecule has 1 aliphatic carbocycles. The average molecular weight is 227 g/mol. The summed E-state index contributed by atoms with van der Waals surface area (Å²) in [4.78, 5) is 13.5. The molecular weight excluding hydrogens is 206 g/mol. The summed E-state index contributed by atoms with van der Waals surface area (Å²) in [5.41, 5.74) is 0. The van der Waals surface area contributed by atoms with Crippen molar-refractivity contribution in [2.75, 3.05) is 19.8 Å². The number of cyclic esters (lactones) is 1. The molecule has 0 bridgehead atoms. The third-order valence-electron chi connectivity index (χ3n) is 3.66. The fraction of sp³-hybridized carbons (Fsp3) is 0.917. The van der Waals surface area contributed by atoms with Gasteiger partial charge in [-0.05, 0) is 12.8 Å². The summed E-state index contributed by atoms with van der Waals surface area (Å²) in [5, 5.41) is 9.13. The highest BCUT2D eigenvalue weighted by atomic mass is 16.6. The third kappa shape index (κ3) is 2.67. The van der Waals surface area contributed by atoms with E-state index in [1.165, 1.54) is 25.7 Å². The molecule has 0 radical (unpaired) electrons. The second-order valence-electron chi connectivity index (χ2n) is 4.92. The van der Waals surface area contributed by atoms with Gasteiger partial charge in [-0.15, -0.1) is 0 Å². The normalized spacial score (nSPS) is 28.7. The fourth-order valence-electron chi connectivity index (χ4n) is 2.66. The van der Waals surface area contributed by atoms with Gasteiger partial charge >= 0.3 is 6.09 Å². The van der Waals surface area contributed by atoms with E-state index in [9.17, 15) is 4.79 Å². The van der Waals surface area contributed by atoms with Gasteiger partial charge in [-0.1, -0.05) is 25.7 Å². The molecule has 2 rings (SSSR count). The molecule has 1 aliphatic heterocycles. The molecule has 0 aromatic rings. The maximum absolute atomic E-state index is 11.7. The summed E-state index contributed by atoms with van der Waals surface area (Å²) in [6, 6.07) is 0.337. The molecule has 2 fully saturated rings. The minimum absolute atomic E-state index is 0.0981. The molecule has 16 heavy (non-hydrogen) atoms. The van der Waals surface area contributed by atoms with Crippen molar-refractivity contribution in [3.05, 3.63) is 0 Å². The van der Waals surface area contributed by atoms with Crippen LogP contribution in [-0.2, 0) is 4.74 Å². The Bertz CT molecular complexity index is 236. The van der Waals surface area contributed by atoms with E-state index in [1.807, 2.05) is 4.90 Å². The number of hydrogen-bond acceptors (Lipinski definition) is 3. The lowest BCUT2D eigenvalue weighted by molar-refractivity contribution is 0.00753. The molecule has 2 aliphatic rings. The van der Waals surface area contributed by atoms with Gasteiger partial charge in [0, 0.05) is 18.5 Å². The molecule has 4 heteroatoms. The third-order valence-corrected chi connectivity index (χ3v) is 3.66. The molecule has 0 aromatic heterocycles. The quantitative estimate of drug-likeness (QED) is 0.731. The number of aliphatic hydroxyl groups excluding tert-OH is 1. The molecule has 1 N–H and O–H groups in total. The zero-order valence-electron chi connectivity index (χ0n) is 9.73. The van der Waals surface area contributed by atoms with E-state index in [0.29, 0.717) is 19.2 Å². The van der Waals surface area contributed by atoms with Crippen LogP contribution in [0.25, 0.3) is 0 Å². The Kier molecular flexibility index (Phi) is 4.04. The average Bonchev–Trinajstić information content (AvgIpc) is 2.58. The Balaban J connectivity index is 1.96. The summed E-state index contributed by atoms with van der Waals surface area (Å²) in [6.45, 7) is 1.15. The number of aliphatic hydroxyl groups is 1. The Morgan fingerprint density at radius 1 is 1.25 bits per heavy atom. The van der Waals surface area contributed by atoms with Gasteiger partial charge in [0.1, 0.15) is 0 Å². The van der Waals surface area contributed by atoms with Crippen LogP contribution in [-0.4, -0.2) is 41.9 Å². The molecule has 1 atom stereocenters. The molecule has 4 nitrogen and oxygen atoms in total. The van der Waals surface area contributed by atoms with E-state index in [-0.39, 0.29) is 18.6 Å². The van der Waals surface area contributed by atoms with Gasteiger partial charge in [0.25, 0.3) is 0 Å². The molecule has 1 amide bonds. The van der Waals surface area contributed by atoms with Crippen molar-refractivity contribution < 1.29 is 14.6 Å². The molecule has 92 valence electrons. The Morgan fingerprint density at radius 3 is 2.56 bits per heavy atom. The molecule has 1 heterocycles. The minimum atomic E-state index is -0.184. The second-order valence-corrected chi connectivity index (χ2v) is 4.92. The maximum atomic E-state index is 11.7. The minimum Gasteiger partial charge on any atom is -0.449 e. The zero-order chi connectivity index (χ0) is 11.4. The van der Waals surface area contributed by atoms with Crippen molar-refractivity contribution >= 4 is 6.09 Å². The van der Waals surface area contributed by atoms with Gasteiger partial charge in [0.2, 0.25) is 0 Å². The Labute approximate surface area is 96.6 Å². The lowest BCUT2D eigenvalue weighted by Crippen LogP contribution is -2.49. The number of nitrogens with zero attached hydrogens (tertiary/aromatic N) is 1. The molecule has 1 saturated carbocycles. The maximum Gasteiger partial charge on any atom is 0.410 e. The number of amides is 1. The van der Waals surface area contributed by atoms with Crippen molar-refractivity contribution in [1.29, 1.82) is 0 Å². The van der Waals surface area contributed by atoms with E-state index >= 15 is 0 Å². The molecule has 1 unspecified atom stereocenters. The van der Waals surface area contributed by atoms with Crippen LogP contribution < -0.4 is 0 Å². The SMILES string of the molecule is O=C1OCC(CO)CN1C1CCCCCC1. The van der Waals surface area contributed by atoms with Crippen molar-refractivity contribution in [2.24, 2.45) is 5.92 Å². The first-order chi connectivity index (χ1) is 7.81. The molecule has 1 saturated heterocycles. The first-order valence-electron chi connectivity index (χ1n) is 6.35. The van der Waals surface area contributed by atoms with Crippen LogP contribution in [0.3, 0.4) is 0 Å². The van der Waals surface area contributed by atoms with Crippen molar-refractivity contribution in [3.63, 3.8) is 0 Å². The smallest absolute Gasteiger partial charge is 0.410 e. The van der Waals surface area contributed by atoms with Crippen molar-refractivity contribution in [2.45, 2.75) is 44.6 Å². The summed E-state index contributed by atoms with van der Waals surface area (Å²) in [6.07, 6.45) is 6.97. The van der Waals surface area contributed by atoms with Gasteiger partial charge in [-0.2, -0.15) is 0 Å². The van der Waals surface area contributed by atoms with Crippen LogP contribution >= 0.6 is 0 Å². The van der Waals surface area contributed by atoms with Crippen molar-refractivity contribution in [1.82, 2.24) is 4.90 Å². The van der Waals surface area contributed by atoms with Crippen LogP contribution in [0.15, 0.2) is 0 Å². The van der Waals surface area contributed by atoms with Gasteiger partial charge < -0.3 is 14.7 Å². The predicted octanol–water partition coefficient (Wildman–Crippen LogP) is 1.77. The summed E-state index contributed by atoms with van der Waals surface area (Å²) < 4.78 is 5.12. The van der Waals surface area contributed by atoms with Gasteiger partial charge in [-0.25, -0.2) is 4.79 Å². The number of hydrogen-bond donors (Lipinski definition) is 1. The summed E-state index contributed by atoms with van der Waals surface area (Å²) in [5.74, 6) is 0.0981. The number of carbonyl (C=O) groups is 1. The van der Waals surface area contributed by atoms with E-state index in [1.54, 1.807) is 0 Å². The van der Waals surface area contributed by atoms with Gasteiger partial charge in [0.05, 0.1) is 13.2 Å². The Morgan fingerprint density at radius 2 is 1.94 bits per heavy atom. The topological polar surface area (TPSA) is 49.8 Å². The van der Waals surface area contributed by atoms with E-state index in [2.05, 4.69) is 0 Å². The molecule has 0 spiro atoms. The highest BCUT2D eigenvalue weighted by Gasteiger charge is 2.32. The largest absolute Gasteiger partial charge is 0.449 e. The Hall–Kier alpha value is -0.770. The van der Waals surface area contributed by atoms with Crippen LogP contribution in [0, 0.1) is 5.92 Å². The van der Waals surface area contributed by atoms with Crippen LogP contribution in [0.5, 0.6) is 0 Å². The highest BCUT2D eigenvalue weighted by Crippen LogP contribution is 2.25. The summed E-state index contributed by atoms with van der Waals surface area (Å²) in [7, 11) is 0. The van der Waals surface area contributed by atoms with Crippen LogP contribution in [0.2, 0.25) is 0 Å². The number of rotatable bonds is 2.